The van der Waals surface area contributed by atoms with Gasteiger partial charge in [-0.1, -0.05) is 6.07 Å². The Bertz CT molecular complexity index is 527. The second-order valence-corrected chi connectivity index (χ2v) is 3.88. The van der Waals surface area contributed by atoms with Crippen molar-refractivity contribution in [3.05, 3.63) is 36.4 Å². The Labute approximate surface area is 110 Å². The second-order valence-electron chi connectivity index (χ2n) is 3.88. The van der Waals surface area contributed by atoms with Gasteiger partial charge in [0.15, 0.2) is 0 Å². The molecular weight excluding hydrogens is 246 g/mol. The summed E-state index contributed by atoms with van der Waals surface area (Å²) in [7, 11) is 0. The molecule has 0 radical (unpaired) electrons. The number of rotatable bonds is 6. The number of ether oxygens (including phenoxy) is 1. The molecule has 0 aliphatic heterocycles. The molecule has 19 heavy (non-hydrogen) atoms. The fourth-order valence-corrected chi connectivity index (χ4v) is 1.45. The van der Waals surface area contributed by atoms with Gasteiger partial charge in [-0.25, -0.2) is 4.98 Å². The van der Waals surface area contributed by atoms with Crippen molar-refractivity contribution in [1.82, 2.24) is 20.5 Å². The lowest BCUT2D eigenvalue weighted by Gasteiger charge is -2.06. The molecule has 2 aromatic rings. The standard InChI is InChI=1S/C12H15N5O2/c13-9-2-1-3-10(6-9)19-5-4-12(18)14-7-11-15-8-16-17-11/h1-3,6,8H,4-5,7,13H2,(H,14,18)(H,15,16,17). The number of nitrogens with two attached hydrogens (primary N) is 1. The number of benzene rings is 1. The minimum atomic E-state index is -0.111. The molecule has 0 unspecified atom stereocenters. The van der Waals surface area contributed by atoms with Gasteiger partial charge in [0.25, 0.3) is 0 Å². The van der Waals surface area contributed by atoms with Crippen molar-refractivity contribution in [1.29, 1.82) is 0 Å². The zero-order chi connectivity index (χ0) is 13.5. The largest absolute Gasteiger partial charge is 0.493 e. The van der Waals surface area contributed by atoms with Crippen LogP contribution in [0.4, 0.5) is 5.69 Å². The molecule has 1 aromatic heterocycles. The predicted molar refractivity (Wildman–Crippen MR) is 69.2 cm³/mol. The van der Waals surface area contributed by atoms with Crippen LogP contribution >= 0.6 is 0 Å². The number of aromatic amines is 1. The van der Waals surface area contributed by atoms with Gasteiger partial charge in [0.1, 0.15) is 17.9 Å². The van der Waals surface area contributed by atoms with Crippen LogP contribution < -0.4 is 15.8 Å². The topological polar surface area (TPSA) is 106 Å². The zero-order valence-electron chi connectivity index (χ0n) is 10.3. The molecule has 0 spiro atoms. The molecule has 4 N–H and O–H groups in total. The number of carbonyl (C=O) groups is 1. The third kappa shape index (κ3) is 4.30. The SMILES string of the molecule is Nc1cccc(OCCC(=O)NCc2ncn[nH]2)c1. The molecule has 100 valence electrons. The molecule has 2 rings (SSSR count). The van der Waals surface area contributed by atoms with E-state index >= 15 is 0 Å². The molecule has 0 aliphatic carbocycles. The number of amides is 1. The average Bonchev–Trinajstić information content (AvgIpc) is 2.89. The lowest BCUT2D eigenvalue weighted by atomic mass is 10.3. The highest BCUT2D eigenvalue weighted by Crippen LogP contribution is 2.14. The summed E-state index contributed by atoms with van der Waals surface area (Å²) in [5, 5.41) is 9.05. The zero-order valence-corrected chi connectivity index (χ0v) is 10.3. The summed E-state index contributed by atoms with van der Waals surface area (Å²) in [6, 6.07) is 7.08. The van der Waals surface area contributed by atoms with Gasteiger partial charge in [0, 0.05) is 11.8 Å². The van der Waals surface area contributed by atoms with Gasteiger partial charge in [-0.05, 0) is 12.1 Å². The number of nitrogen functional groups attached to an aromatic ring is 1. The Morgan fingerprint density at radius 2 is 2.37 bits per heavy atom. The highest BCUT2D eigenvalue weighted by molar-refractivity contribution is 5.75. The minimum absolute atomic E-state index is 0.111. The van der Waals surface area contributed by atoms with E-state index in [9.17, 15) is 4.79 Å². The Morgan fingerprint density at radius 3 is 3.11 bits per heavy atom. The van der Waals surface area contributed by atoms with E-state index in [0.29, 0.717) is 30.4 Å². The van der Waals surface area contributed by atoms with Gasteiger partial charge in [-0.3, -0.25) is 9.89 Å². The first-order chi connectivity index (χ1) is 9.24. The molecule has 0 saturated carbocycles. The van der Waals surface area contributed by atoms with Gasteiger partial charge in [0.05, 0.1) is 19.6 Å². The third-order valence-electron chi connectivity index (χ3n) is 2.37. The van der Waals surface area contributed by atoms with E-state index < -0.39 is 0 Å². The first-order valence-electron chi connectivity index (χ1n) is 5.83. The number of carbonyl (C=O) groups excluding carboxylic acids is 1. The van der Waals surface area contributed by atoms with E-state index in [1.54, 1.807) is 24.3 Å². The van der Waals surface area contributed by atoms with Gasteiger partial charge in [-0.2, -0.15) is 5.10 Å². The normalized spacial score (nSPS) is 10.1. The summed E-state index contributed by atoms with van der Waals surface area (Å²) < 4.78 is 5.42. The molecule has 1 aromatic carbocycles. The van der Waals surface area contributed by atoms with E-state index in [1.807, 2.05) is 0 Å². The summed E-state index contributed by atoms with van der Waals surface area (Å²) in [5.41, 5.74) is 6.25. The number of anilines is 1. The monoisotopic (exact) mass is 261 g/mol. The smallest absolute Gasteiger partial charge is 0.223 e. The average molecular weight is 261 g/mol. The van der Waals surface area contributed by atoms with E-state index in [0.717, 1.165) is 0 Å². The van der Waals surface area contributed by atoms with Crippen LogP contribution in [0.25, 0.3) is 0 Å². The second kappa shape index (κ2) is 6.39. The Morgan fingerprint density at radius 1 is 1.47 bits per heavy atom. The van der Waals surface area contributed by atoms with Crippen LogP contribution in [0.2, 0.25) is 0 Å². The van der Waals surface area contributed by atoms with Gasteiger partial charge < -0.3 is 15.8 Å². The summed E-state index contributed by atoms with van der Waals surface area (Å²) in [6.07, 6.45) is 1.66. The first kappa shape index (κ1) is 12.9. The Balaban J connectivity index is 1.66. The van der Waals surface area contributed by atoms with Crippen molar-refractivity contribution in [2.75, 3.05) is 12.3 Å². The van der Waals surface area contributed by atoms with Crippen LogP contribution in [0, 0.1) is 0 Å². The van der Waals surface area contributed by atoms with E-state index in [1.165, 1.54) is 6.33 Å². The quantitative estimate of drug-likeness (QED) is 0.655. The third-order valence-corrected chi connectivity index (χ3v) is 2.37. The van der Waals surface area contributed by atoms with Gasteiger partial charge in [0.2, 0.25) is 5.91 Å². The molecule has 1 heterocycles. The van der Waals surface area contributed by atoms with Crippen molar-refractivity contribution in [2.45, 2.75) is 13.0 Å². The lowest BCUT2D eigenvalue weighted by molar-refractivity contribution is -0.121. The summed E-state index contributed by atoms with van der Waals surface area (Å²) in [6.45, 7) is 0.628. The number of nitrogens with zero attached hydrogens (tertiary/aromatic N) is 2. The summed E-state index contributed by atoms with van der Waals surface area (Å²) in [4.78, 5) is 15.4. The van der Waals surface area contributed by atoms with Crippen LogP contribution in [0.3, 0.4) is 0 Å². The highest BCUT2D eigenvalue weighted by atomic mass is 16.5. The van der Waals surface area contributed by atoms with E-state index in [4.69, 9.17) is 10.5 Å². The summed E-state index contributed by atoms with van der Waals surface area (Å²) in [5.74, 6) is 1.16. The molecule has 0 aliphatic rings. The number of nitrogens with one attached hydrogen (secondary N) is 2. The lowest BCUT2D eigenvalue weighted by Crippen LogP contribution is -2.25. The molecule has 0 fully saturated rings. The molecular formula is C12H15N5O2. The number of aromatic nitrogens is 3. The van der Waals surface area contributed by atoms with Gasteiger partial charge in [-0.15, -0.1) is 0 Å². The number of hydrogen-bond donors (Lipinski definition) is 3. The van der Waals surface area contributed by atoms with Crippen molar-refractivity contribution in [3.8, 4) is 5.75 Å². The first-order valence-corrected chi connectivity index (χ1v) is 5.83. The molecule has 0 saturated heterocycles. The maximum absolute atomic E-state index is 11.5. The van der Waals surface area contributed by atoms with E-state index in [-0.39, 0.29) is 12.3 Å². The highest BCUT2D eigenvalue weighted by Gasteiger charge is 2.03. The Hall–Kier alpha value is -2.57. The van der Waals surface area contributed by atoms with Crippen molar-refractivity contribution in [3.63, 3.8) is 0 Å². The predicted octanol–water partition coefficient (Wildman–Crippen LogP) is 0.472. The maximum Gasteiger partial charge on any atom is 0.223 e. The molecule has 0 atom stereocenters. The maximum atomic E-state index is 11.5. The van der Waals surface area contributed by atoms with Crippen LogP contribution in [-0.4, -0.2) is 27.7 Å². The number of hydrogen-bond acceptors (Lipinski definition) is 5. The van der Waals surface area contributed by atoms with Crippen molar-refractivity contribution >= 4 is 11.6 Å². The van der Waals surface area contributed by atoms with Crippen molar-refractivity contribution < 1.29 is 9.53 Å². The van der Waals surface area contributed by atoms with Crippen LogP contribution in [0.15, 0.2) is 30.6 Å². The fourth-order valence-electron chi connectivity index (χ4n) is 1.45. The molecule has 7 nitrogen and oxygen atoms in total. The van der Waals surface area contributed by atoms with Crippen LogP contribution in [0.1, 0.15) is 12.2 Å². The van der Waals surface area contributed by atoms with E-state index in [2.05, 4.69) is 20.5 Å². The van der Waals surface area contributed by atoms with Gasteiger partial charge >= 0.3 is 0 Å². The van der Waals surface area contributed by atoms with Crippen LogP contribution in [-0.2, 0) is 11.3 Å². The molecule has 0 bridgehead atoms. The Kier molecular flexibility index (Phi) is 4.33. The van der Waals surface area contributed by atoms with Crippen molar-refractivity contribution in [2.24, 2.45) is 0 Å². The minimum Gasteiger partial charge on any atom is -0.493 e. The molecule has 1 amide bonds. The summed E-state index contributed by atoms with van der Waals surface area (Å²) >= 11 is 0. The fraction of sp³-hybridized carbons (Fsp3) is 0.250. The van der Waals surface area contributed by atoms with Crippen LogP contribution in [0.5, 0.6) is 5.75 Å². The number of H-pyrrole nitrogens is 1. The molecule has 7 heteroatoms.